The second kappa shape index (κ2) is 8.54. The summed E-state index contributed by atoms with van der Waals surface area (Å²) in [7, 11) is 0. The maximum Gasteiger partial charge on any atom is 0.260 e. The van der Waals surface area contributed by atoms with Crippen LogP contribution in [0.25, 0.3) is 5.69 Å². The molecule has 1 atom stereocenters. The van der Waals surface area contributed by atoms with Crippen LogP contribution in [0.4, 0.5) is 0 Å². The zero-order chi connectivity index (χ0) is 18.4. The molecule has 1 unspecified atom stereocenters. The van der Waals surface area contributed by atoms with E-state index in [1.807, 2.05) is 36.5 Å². The molecule has 0 bridgehead atoms. The quantitative estimate of drug-likeness (QED) is 0.691. The Morgan fingerprint density at radius 3 is 2.73 bits per heavy atom. The average Bonchev–Trinajstić information content (AvgIpc) is 3.17. The van der Waals surface area contributed by atoms with Gasteiger partial charge in [0.2, 0.25) is 0 Å². The first-order valence-electron chi connectivity index (χ1n) is 8.41. The summed E-state index contributed by atoms with van der Waals surface area (Å²) in [4.78, 5) is 12.2. The van der Waals surface area contributed by atoms with Crippen LogP contribution in [0, 0.1) is 0 Å². The minimum absolute atomic E-state index is 0.155. The van der Waals surface area contributed by atoms with Gasteiger partial charge in [0.05, 0.1) is 5.69 Å². The Bertz CT molecular complexity index is 848. The first-order valence-corrected chi connectivity index (χ1v) is 8.78. The topological polar surface area (TPSA) is 56.1 Å². The number of amides is 1. The van der Waals surface area contributed by atoms with Crippen LogP contribution in [0.2, 0.25) is 5.02 Å². The van der Waals surface area contributed by atoms with Crippen molar-refractivity contribution in [2.24, 2.45) is 0 Å². The van der Waals surface area contributed by atoms with E-state index in [1.54, 1.807) is 42.1 Å². The van der Waals surface area contributed by atoms with Crippen LogP contribution in [0.15, 0.2) is 67.0 Å². The first kappa shape index (κ1) is 18.0. The second-order valence-corrected chi connectivity index (χ2v) is 6.31. The van der Waals surface area contributed by atoms with Crippen molar-refractivity contribution in [3.63, 3.8) is 0 Å². The summed E-state index contributed by atoms with van der Waals surface area (Å²) >= 11 is 5.92. The maximum atomic E-state index is 12.2. The lowest BCUT2D eigenvalue weighted by atomic mass is 10.1. The Balaban J connectivity index is 1.46. The van der Waals surface area contributed by atoms with Gasteiger partial charge >= 0.3 is 0 Å². The molecule has 2 aromatic carbocycles. The van der Waals surface area contributed by atoms with Gasteiger partial charge < -0.3 is 10.1 Å². The summed E-state index contributed by atoms with van der Waals surface area (Å²) in [5.41, 5.74) is 2.15. The predicted molar refractivity (Wildman–Crippen MR) is 102 cm³/mol. The van der Waals surface area contributed by atoms with Crippen molar-refractivity contribution in [2.45, 2.75) is 19.4 Å². The molecule has 3 aromatic rings. The van der Waals surface area contributed by atoms with Gasteiger partial charge in [-0.05, 0) is 55.3 Å². The molecular formula is C20H20ClN3O2. The molecule has 1 aromatic heterocycles. The Labute approximate surface area is 157 Å². The lowest BCUT2D eigenvalue weighted by molar-refractivity contribution is -0.127. The van der Waals surface area contributed by atoms with Crippen LogP contribution in [0.1, 0.15) is 12.5 Å². The van der Waals surface area contributed by atoms with Gasteiger partial charge in [-0.25, -0.2) is 4.68 Å². The molecule has 0 spiro atoms. The number of carbonyl (C=O) groups excluding carboxylic acids is 1. The second-order valence-electron chi connectivity index (χ2n) is 5.88. The monoisotopic (exact) mass is 369 g/mol. The molecule has 1 N–H and O–H groups in total. The smallest absolute Gasteiger partial charge is 0.260 e. The van der Waals surface area contributed by atoms with Crippen molar-refractivity contribution < 1.29 is 9.53 Å². The summed E-state index contributed by atoms with van der Waals surface area (Å²) in [6.45, 7) is 2.26. The number of hydrogen-bond acceptors (Lipinski definition) is 3. The Morgan fingerprint density at radius 2 is 2.04 bits per heavy atom. The van der Waals surface area contributed by atoms with Gasteiger partial charge in [0.25, 0.3) is 5.91 Å². The van der Waals surface area contributed by atoms with Crippen LogP contribution in [-0.2, 0) is 11.2 Å². The van der Waals surface area contributed by atoms with E-state index in [0.29, 0.717) is 17.3 Å². The highest BCUT2D eigenvalue weighted by atomic mass is 35.5. The predicted octanol–water partition coefficient (Wildman–Crippen LogP) is 3.65. The fourth-order valence-electron chi connectivity index (χ4n) is 2.51. The molecule has 26 heavy (non-hydrogen) atoms. The molecule has 1 heterocycles. The van der Waals surface area contributed by atoms with Gasteiger partial charge in [0.1, 0.15) is 5.75 Å². The highest BCUT2D eigenvalue weighted by Gasteiger charge is 2.14. The van der Waals surface area contributed by atoms with E-state index in [4.69, 9.17) is 16.3 Å². The van der Waals surface area contributed by atoms with Crippen LogP contribution in [0.5, 0.6) is 5.75 Å². The Morgan fingerprint density at radius 1 is 1.23 bits per heavy atom. The number of ether oxygens (including phenoxy) is 1. The third kappa shape index (κ3) is 4.86. The highest BCUT2D eigenvalue weighted by molar-refractivity contribution is 6.30. The molecule has 0 fully saturated rings. The Kier molecular flexibility index (Phi) is 5.92. The van der Waals surface area contributed by atoms with Crippen LogP contribution >= 0.6 is 11.6 Å². The molecule has 0 saturated carbocycles. The standard InChI is InChI=1S/C20H20ClN3O2/c1-15(26-19-5-2-4-17(21)14-19)20(25)22-12-10-16-6-8-18(9-7-16)24-13-3-11-23-24/h2-9,11,13-15H,10,12H2,1H3,(H,22,25). The normalized spacial score (nSPS) is 11.8. The largest absolute Gasteiger partial charge is 0.481 e. The molecule has 0 saturated heterocycles. The fourth-order valence-corrected chi connectivity index (χ4v) is 2.69. The van der Waals surface area contributed by atoms with E-state index in [-0.39, 0.29) is 5.91 Å². The van der Waals surface area contributed by atoms with E-state index in [0.717, 1.165) is 17.7 Å². The van der Waals surface area contributed by atoms with Crippen molar-refractivity contribution >= 4 is 17.5 Å². The summed E-state index contributed by atoms with van der Waals surface area (Å²) in [5, 5.41) is 7.67. The van der Waals surface area contributed by atoms with Crippen molar-refractivity contribution in [3.8, 4) is 11.4 Å². The molecule has 0 aliphatic heterocycles. The van der Waals surface area contributed by atoms with E-state index < -0.39 is 6.10 Å². The molecule has 3 rings (SSSR count). The SMILES string of the molecule is CC(Oc1cccc(Cl)c1)C(=O)NCCc1ccc(-n2cccn2)cc1. The molecule has 5 nitrogen and oxygen atoms in total. The van der Waals surface area contributed by atoms with Crippen molar-refractivity contribution in [2.75, 3.05) is 6.54 Å². The summed E-state index contributed by atoms with van der Waals surface area (Å²) < 4.78 is 7.42. The lowest BCUT2D eigenvalue weighted by Gasteiger charge is -2.15. The van der Waals surface area contributed by atoms with E-state index in [9.17, 15) is 4.79 Å². The van der Waals surface area contributed by atoms with Crippen molar-refractivity contribution in [1.29, 1.82) is 0 Å². The summed E-state index contributed by atoms with van der Waals surface area (Å²) in [6, 6.07) is 17.0. The molecular weight excluding hydrogens is 350 g/mol. The van der Waals surface area contributed by atoms with E-state index >= 15 is 0 Å². The van der Waals surface area contributed by atoms with Gasteiger partial charge in [-0.1, -0.05) is 29.8 Å². The van der Waals surface area contributed by atoms with Gasteiger partial charge in [-0.15, -0.1) is 0 Å². The number of carbonyl (C=O) groups is 1. The third-order valence-corrected chi connectivity index (χ3v) is 4.13. The molecule has 0 aliphatic rings. The number of benzene rings is 2. The zero-order valence-corrected chi connectivity index (χ0v) is 15.2. The zero-order valence-electron chi connectivity index (χ0n) is 14.4. The third-order valence-electron chi connectivity index (χ3n) is 3.90. The van der Waals surface area contributed by atoms with Crippen LogP contribution in [-0.4, -0.2) is 28.3 Å². The van der Waals surface area contributed by atoms with Crippen molar-refractivity contribution in [3.05, 3.63) is 77.6 Å². The maximum absolute atomic E-state index is 12.2. The molecule has 0 radical (unpaired) electrons. The highest BCUT2D eigenvalue weighted by Crippen LogP contribution is 2.18. The van der Waals surface area contributed by atoms with Gasteiger partial charge in [-0.2, -0.15) is 5.10 Å². The Hall–Kier alpha value is -2.79. The number of rotatable bonds is 7. The van der Waals surface area contributed by atoms with E-state index in [1.165, 1.54) is 0 Å². The fraction of sp³-hybridized carbons (Fsp3) is 0.200. The van der Waals surface area contributed by atoms with Gasteiger partial charge in [0, 0.05) is 24.0 Å². The minimum Gasteiger partial charge on any atom is -0.481 e. The van der Waals surface area contributed by atoms with Crippen molar-refractivity contribution in [1.82, 2.24) is 15.1 Å². The molecule has 0 aliphatic carbocycles. The number of halogens is 1. The van der Waals surface area contributed by atoms with Crippen LogP contribution in [0.3, 0.4) is 0 Å². The first-order chi connectivity index (χ1) is 12.6. The number of nitrogens with one attached hydrogen (secondary N) is 1. The number of hydrogen-bond donors (Lipinski definition) is 1. The molecule has 6 heteroatoms. The summed E-state index contributed by atoms with van der Waals surface area (Å²) in [5.74, 6) is 0.424. The van der Waals surface area contributed by atoms with Gasteiger partial charge in [0.15, 0.2) is 6.10 Å². The molecule has 134 valence electrons. The number of nitrogens with zero attached hydrogens (tertiary/aromatic N) is 2. The van der Waals surface area contributed by atoms with Crippen LogP contribution < -0.4 is 10.1 Å². The lowest BCUT2D eigenvalue weighted by Crippen LogP contribution is -2.37. The summed E-state index contributed by atoms with van der Waals surface area (Å²) in [6.07, 6.45) is 3.80. The number of aromatic nitrogens is 2. The average molecular weight is 370 g/mol. The molecule has 1 amide bonds. The minimum atomic E-state index is -0.587. The van der Waals surface area contributed by atoms with E-state index in [2.05, 4.69) is 10.4 Å². The van der Waals surface area contributed by atoms with Gasteiger partial charge in [-0.3, -0.25) is 4.79 Å².